The first kappa shape index (κ1) is 11.1. The number of hydrogen-bond acceptors (Lipinski definition) is 2. The molecule has 14 heavy (non-hydrogen) atoms. The van der Waals surface area contributed by atoms with E-state index in [1.54, 1.807) is 3.96 Å². The fraction of sp³-hybridized carbons (Fsp3) is 0.111. The number of carbonyl (C=O) groups is 1. The number of fused-ring (bicyclic) bond motifs is 1. The molecule has 0 bridgehead atoms. The number of carboxylic acids is 1. The number of aromatic nitrogens is 1. The molecule has 1 heterocycles. The van der Waals surface area contributed by atoms with Gasteiger partial charge in [0.05, 0.1) is 10.8 Å². The van der Waals surface area contributed by atoms with Gasteiger partial charge in [-0.15, -0.1) is 3.96 Å². The lowest BCUT2D eigenvalue weighted by atomic mass is 10.3. The van der Waals surface area contributed by atoms with E-state index in [0.717, 1.165) is 10.9 Å². The topological polar surface area (TPSA) is 41.2 Å². The van der Waals surface area contributed by atoms with Gasteiger partial charge in [-0.1, -0.05) is 12.1 Å². The minimum atomic E-state index is -0.808. The molecule has 2 aromatic rings. The number of benzene rings is 1. The summed E-state index contributed by atoms with van der Waals surface area (Å²) < 4.78 is 1.76. The summed E-state index contributed by atoms with van der Waals surface area (Å²) in [6.07, 6.45) is 0. The molecule has 3 nitrogen and oxygen atoms in total. The molecule has 74 valence electrons. The van der Waals surface area contributed by atoms with Crippen LogP contribution in [0.2, 0.25) is 0 Å². The summed E-state index contributed by atoms with van der Waals surface area (Å²) in [5.41, 5.74) is 0.981. The molecule has 1 aromatic carbocycles. The third kappa shape index (κ3) is 2.10. The van der Waals surface area contributed by atoms with Crippen molar-refractivity contribution < 1.29 is 30.8 Å². The Kier molecular flexibility index (Phi) is 3.60. The van der Waals surface area contributed by atoms with Crippen molar-refractivity contribution in [2.24, 2.45) is 0 Å². The van der Waals surface area contributed by atoms with Crippen molar-refractivity contribution in [1.82, 2.24) is 0 Å². The molecular formula is C9H8BrNO2S. The van der Waals surface area contributed by atoms with Crippen molar-refractivity contribution in [1.29, 1.82) is 0 Å². The molecule has 1 N–H and O–H groups in total. The highest BCUT2D eigenvalue weighted by molar-refractivity contribution is 7.00. The van der Waals surface area contributed by atoms with E-state index < -0.39 is 5.97 Å². The SMILES string of the molecule is O=C(O)C[n+]1scc2ccccc21.[Br-]. The van der Waals surface area contributed by atoms with Crippen LogP contribution >= 0.6 is 11.5 Å². The zero-order chi connectivity index (χ0) is 9.26. The Morgan fingerprint density at radius 2 is 2.14 bits per heavy atom. The lowest BCUT2D eigenvalue weighted by Crippen LogP contribution is -3.00. The van der Waals surface area contributed by atoms with Gasteiger partial charge in [0.15, 0.2) is 0 Å². The first-order valence-electron chi connectivity index (χ1n) is 3.86. The summed E-state index contributed by atoms with van der Waals surface area (Å²) in [5, 5.41) is 11.7. The van der Waals surface area contributed by atoms with Gasteiger partial charge in [0.2, 0.25) is 5.52 Å². The lowest BCUT2D eigenvalue weighted by molar-refractivity contribution is -0.590. The molecule has 0 fully saturated rings. The van der Waals surface area contributed by atoms with Crippen LogP contribution in [0.15, 0.2) is 29.6 Å². The van der Waals surface area contributed by atoms with Gasteiger partial charge in [-0.05, 0) is 6.07 Å². The normalized spacial score (nSPS) is 9.71. The van der Waals surface area contributed by atoms with Crippen LogP contribution in [-0.4, -0.2) is 11.1 Å². The van der Waals surface area contributed by atoms with Gasteiger partial charge >= 0.3 is 5.97 Å². The van der Waals surface area contributed by atoms with E-state index in [4.69, 9.17) is 5.11 Å². The molecule has 0 saturated carbocycles. The van der Waals surface area contributed by atoms with Crippen LogP contribution in [0.25, 0.3) is 10.9 Å². The first-order chi connectivity index (χ1) is 6.27. The lowest BCUT2D eigenvalue weighted by Gasteiger charge is -1.86. The van der Waals surface area contributed by atoms with E-state index >= 15 is 0 Å². The fourth-order valence-corrected chi connectivity index (χ4v) is 2.14. The van der Waals surface area contributed by atoms with Crippen LogP contribution in [0.5, 0.6) is 0 Å². The number of rotatable bonds is 2. The Bertz CT molecular complexity index is 455. The number of para-hydroxylation sites is 1. The van der Waals surface area contributed by atoms with Crippen LogP contribution in [0, 0.1) is 0 Å². The summed E-state index contributed by atoms with van der Waals surface area (Å²) in [5.74, 6) is -0.808. The van der Waals surface area contributed by atoms with Crippen molar-refractivity contribution >= 4 is 28.4 Å². The van der Waals surface area contributed by atoms with E-state index in [1.165, 1.54) is 11.5 Å². The highest BCUT2D eigenvalue weighted by Gasteiger charge is 2.14. The molecule has 1 aromatic heterocycles. The van der Waals surface area contributed by atoms with Crippen LogP contribution in [0.3, 0.4) is 0 Å². The van der Waals surface area contributed by atoms with Crippen LogP contribution in [0.4, 0.5) is 0 Å². The maximum absolute atomic E-state index is 10.5. The van der Waals surface area contributed by atoms with E-state index in [0.29, 0.717) is 0 Å². The van der Waals surface area contributed by atoms with Crippen molar-refractivity contribution in [3.05, 3.63) is 29.6 Å². The van der Waals surface area contributed by atoms with E-state index in [1.807, 2.05) is 29.6 Å². The van der Waals surface area contributed by atoms with E-state index in [9.17, 15) is 4.79 Å². The van der Waals surface area contributed by atoms with E-state index in [2.05, 4.69) is 0 Å². The highest BCUT2D eigenvalue weighted by Crippen LogP contribution is 2.11. The summed E-state index contributed by atoms with van der Waals surface area (Å²) in [7, 11) is 0. The van der Waals surface area contributed by atoms with Gasteiger partial charge in [0.25, 0.3) is 6.54 Å². The van der Waals surface area contributed by atoms with Gasteiger partial charge in [-0.2, -0.15) is 0 Å². The second-order valence-electron chi connectivity index (χ2n) is 2.71. The fourth-order valence-electron chi connectivity index (χ4n) is 1.24. The number of halogens is 1. The van der Waals surface area contributed by atoms with Crippen LogP contribution in [-0.2, 0) is 11.3 Å². The molecule has 0 aliphatic rings. The molecule has 0 amide bonds. The number of carboxylic acid groups (broad SMARTS) is 1. The second kappa shape index (κ2) is 4.52. The summed E-state index contributed by atoms with van der Waals surface area (Å²) in [6, 6.07) is 7.76. The minimum absolute atomic E-state index is 0. The van der Waals surface area contributed by atoms with Crippen LogP contribution < -0.4 is 20.9 Å². The third-order valence-corrected chi connectivity index (χ3v) is 2.73. The van der Waals surface area contributed by atoms with Gasteiger partial charge in [0.1, 0.15) is 11.5 Å². The Morgan fingerprint density at radius 3 is 2.86 bits per heavy atom. The second-order valence-corrected chi connectivity index (χ2v) is 3.60. The summed E-state index contributed by atoms with van der Waals surface area (Å²) >= 11 is 1.43. The summed E-state index contributed by atoms with van der Waals surface area (Å²) in [6.45, 7) is 0.0399. The minimum Gasteiger partial charge on any atom is -1.00 e. The first-order valence-corrected chi connectivity index (χ1v) is 4.69. The van der Waals surface area contributed by atoms with Crippen molar-refractivity contribution in [3.63, 3.8) is 0 Å². The average molecular weight is 274 g/mol. The molecule has 0 aliphatic carbocycles. The molecule has 0 spiro atoms. The number of nitrogens with zero attached hydrogens (tertiary/aromatic N) is 1. The van der Waals surface area contributed by atoms with Gasteiger partial charge in [-0.25, -0.2) is 4.79 Å². The maximum Gasteiger partial charge on any atom is 0.371 e. The molecule has 0 aliphatic heterocycles. The number of hydrogen-bond donors (Lipinski definition) is 1. The molecule has 0 atom stereocenters. The third-order valence-electron chi connectivity index (χ3n) is 1.79. The highest BCUT2D eigenvalue weighted by atomic mass is 79.9. The molecule has 0 unspecified atom stereocenters. The van der Waals surface area contributed by atoms with E-state index in [-0.39, 0.29) is 23.5 Å². The molecular weight excluding hydrogens is 266 g/mol. The largest absolute Gasteiger partial charge is 1.00 e. The van der Waals surface area contributed by atoms with Gasteiger partial charge in [-0.3, -0.25) is 0 Å². The van der Waals surface area contributed by atoms with Crippen LogP contribution in [0.1, 0.15) is 0 Å². The number of aliphatic carboxylic acids is 1. The molecule has 0 radical (unpaired) electrons. The van der Waals surface area contributed by atoms with Crippen molar-refractivity contribution in [3.8, 4) is 0 Å². The predicted octanol–water partition coefficient (Wildman–Crippen LogP) is -1.72. The molecule has 2 rings (SSSR count). The molecule has 5 heteroatoms. The zero-order valence-electron chi connectivity index (χ0n) is 7.18. The molecule has 0 saturated heterocycles. The van der Waals surface area contributed by atoms with Gasteiger partial charge < -0.3 is 22.1 Å². The smallest absolute Gasteiger partial charge is 0.371 e. The van der Waals surface area contributed by atoms with Crippen molar-refractivity contribution in [2.45, 2.75) is 6.54 Å². The zero-order valence-corrected chi connectivity index (χ0v) is 9.59. The average Bonchev–Trinajstić information content (AvgIpc) is 2.48. The van der Waals surface area contributed by atoms with Gasteiger partial charge in [0, 0.05) is 6.07 Å². The quantitative estimate of drug-likeness (QED) is 0.662. The standard InChI is InChI=1S/C9H7NO2S.BrH/c11-9(12)5-10-8-4-2-1-3-7(8)6-13-10;/h1-4,6H,5H2;1H. The Hall–Kier alpha value is -0.940. The maximum atomic E-state index is 10.5. The Balaban J connectivity index is 0.000000980. The van der Waals surface area contributed by atoms with Crippen molar-refractivity contribution in [2.75, 3.05) is 0 Å². The predicted molar refractivity (Wildman–Crippen MR) is 49.7 cm³/mol. The Labute approximate surface area is 95.5 Å². The summed E-state index contributed by atoms with van der Waals surface area (Å²) in [4.78, 5) is 10.5. The Morgan fingerprint density at radius 1 is 1.43 bits per heavy atom. The monoisotopic (exact) mass is 273 g/mol.